The van der Waals surface area contributed by atoms with E-state index >= 15 is 0 Å². The van der Waals surface area contributed by atoms with E-state index in [1.54, 1.807) is 0 Å². The van der Waals surface area contributed by atoms with Crippen LogP contribution in [0, 0.1) is 17.3 Å². The third-order valence-corrected chi connectivity index (χ3v) is 5.05. The number of esters is 1. The number of hydrogen-bond donors (Lipinski definition) is 0. The zero-order valence-electron chi connectivity index (χ0n) is 9.09. The number of carbonyl (C=O) groups excluding carboxylic acids is 1. The average Bonchev–Trinajstić information content (AvgIpc) is 2.12. The SMILES string of the molecule is COC(=O)C12CC3CC(CC(Cl)(C3)C1)C2. The molecule has 4 rings (SSSR count). The number of methoxy groups -OCH3 is 1. The predicted octanol–water partition coefficient (Wildman–Crippen LogP) is 2.74. The van der Waals surface area contributed by atoms with Gasteiger partial charge in [-0.1, -0.05) is 0 Å². The van der Waals surface area contributed by atoms with Crippen molar-refractivity contribution in [3.05, 3.63) is 0 Å². The second-order valence-corrected chi connectivity index (χ2v) is 6.69. The Morgan fingerprint density at radius 2 is 1.87 bits per heavy atom. The Bertz CT molecular complexity index is 299. The van der Waals surface area contributed by atoms with Crippen molar-refractivity contribution >= 4 is 17.6 Å². The molecule has 3 heteroatoms. The van der Waals surface area contributed by atoms with Gasteiger partial charge in [-0.05, 0) is 50.4 Å². The number of carbonyl (C=O) groups is 1. The van der Waals surface area contributed by atoms with Crippen molar-refractivity contribution < 1.29 is 9.53 Å². The Kier molecular flexibility index (Phi) is 1.93. The van der Waals surface area contributed by atoms with Gasteiger partial charge in [0.25, 0.3) is 0 Å². The van der Waals surface area contributed by atoms with Gasteiger partial charge in [-0.3, -0.25) is 4.79 Å². The summed E-state index contributed by atoms with van der Waals surface area (Å²) in [6, 6.07) is 0. The molecule has 4 bridgehead atoms. The Balaban J connectivity index is 1.96. The molecule has 0 aromatic carbocycles. The maximum Gasteiger partial charge on any atom is 0.311 e. The normalized spacial score (nSPS) is 51.9. The molecule has 0 radical (unpaired) electrons. The van der Waals surface area contributed by atoms with E-state index < -0.39 is 0 Å². The molecule has 2 atom stereocenters. The summed E-state index contributed by atoms with van der Waals surface area (Å²) in [5.74, 6) is 1.33. The van der Waals surface area contributed by atoms with Crippen LogP contribution in [0.5, 0.6) is 0 Å². The Morgan fingerprint density at radius 3 is 2.33 bits per heavy atom. The fourth-order valence-corrected chi connectivity index (χ4v) is 5.30. The summed E-state index contributed by atoms with van der Waals surface area (Å²) in [5, 5.41) is 0. The molecule has 4 fully saturated rings. The van der Waals surface area contributed by atoms with E-state index in [4.69, 9.17) is 16.3 Å². The van der Waals surface area contributed by atoms with Gasteiger partial charge in [0, 0.05) is 4.87 Å². The van der Waals surface area contributed by atoms with Crippen LogP contribution in [0.25, 0.3) is 0 Å². The second-order valence-electron chi connectivity index (χ2n) is 5.88. The summed E-state index contributed by atoms with van der Waals surface area (Å²) in [5.41, 5.74) is -0.222. The quantitative estimate of drug-likeness (QED) is 0.510. The van der Waals surface area contributed by atoms with Gasteiger partial charge < -0.3 is 4.74 Å². The van der Waals surface area contributed by atoms with Gasteiger partial charge in [-0.15, -0.1) is 11.6 Å². The summed E-state index contributed by atoms with van der Waals surface area (Å²) in [6.45, 7) is 0. The minimum Gasteiger partial charge on any atom is -0.469 e. The van der Waals surface area contributed by atoms with Crippen LogP contribution >= 0.6 is 11.6 Å². The average molecular weight is 229 g/mol. The summed E-state index contributed by atoms with van der Waals surface area (Å²) in [7, 11) is 1.50. The van der Waals surface area contributed by atoms with Crippen molar-refractivity contribution in [1.82, 2.24) is 0 Å². The van der Waals surface area contributed by atoms with Gasteiger partial charge in [0.05, 0.1) is 12.5 Å². The molecule has 0 spiro atoms. The molecule has 4 aliphatic carbocycles. The molecule has 0 aliphatic heterocycles. The van der Waals surface area contributed by atoms with Crippen molar-refractivity contribution in [2.24, 2.45) is 17.3 Å². The van der Waals surface area contributed by atoms with Gasteiger partial charge in [-0.2, -0.15) is 0 Å². The fourth-order valence-electron chi connectivity index (χ4n) is 4.61. The third kappa shape index (κ3) is 1.33. The van der Waals surface area contributed by atoms with Gasteiger partial charge in [-0.25, -0.2) is 0 Å². The number of rotatable bonds is 1. The van der Waals surface area contributed by atoms with Crippen molar-refractivity contribution in [1.29, 1.82) is 0 Å². The summed E-state index contributed by atoms with van der Waals surface area (Å²) in [4.78, 5) is 11.8. The summed E-state index contributed by atoms with van der Waals surface area (Å²) >= 11 is 6.61. The van der Waals surface area contributed by atoms with Crippen LogP contribution in [0.2, 0.25) is 0 Å². The smallest absolute Gasteiger partial charge is 0.311 e. The highest BCUT2D eigenvalue weighted by Crippen LogP contribution is 2.64. The van der Waals surface area contributed by atoms with Gasteiger partial charge in [0.15, 0.2) is 0 Å². The van der Waals surface area contributed by atoms with Crippen LogP contribution < -0.4 is 0 Å². The van der Waals surface area contributed by atoms with E-state index in [-0.39, 0.29) is 16.3 Å². The molecule has 0 N–H and O–H groups in total. The molecule has 0 amide bonds. The van der Waals surface area contributed by atoms with Crippen molar-refractivity contribution in [3.63, 3.8) is 0 Å². The van der Waals surface area contributed by atoms with Crippen LogP contribution in [0.1, 0.15) is 38.5 Å². The lowest BCUT2D eigenvalue weighted by Crippen LogP contribution is -2.56. The highest BCUT2D eigenvalue weighted by Gasteiger charge is 2.60. The molecule has 15 heavy (non-hydrogen) atoms. The Hall–Kier alpha value is -0.240. The predicted molar refractivity (Wildman–Crippen MR) is 57.7 cm³/mol. The molecule has 2 unspecified atom stereocenters. The summed E-state index contributed by atoms with van der Waals surface area (Å²) < 4.78 is 4.98. The largest absolute Gasteiger partial charge is 0.469 e. The van der Waals surface area contributed by atoms with E-state index in [2.05, 4.69) is 0 Å². The first kappa shape index (κ1) is 9.95. The number of halogens is 1. The number of hydrogen-bond acceptors (Lipinski definition) is 2. The maximum atomic E-state index is 11.9. The Morgan fingerprint density at radius 1 is 1.27 bits per heavy atom. The van der Waals surface area contributed by atoms with Gasteiger partial charge in [0.1, 0.15) is 0 Å². The van der Waals surface area contributed by atoms with E-state index in [1.165, 1.54) is 13.5 Å². The lowest BCUT2D eigenvalue weighted by atomic mass is 9.49. The lowest BCUT2D eigenvalue weighted by molar-refractivity contribution is -0.166. The number of alkyl halides is 1. The third-order valence-electron chi connectivity index (χ3n) is 4.61. The zero-order valence-corrected chi connectivity index (χ0v) is 9.85. The topological polar surface area (TPSA) is 26.3 Å². The first-order valence-electron chi connectivity index (χ1n) is 5.83. The van der Waals surface area contributed by atoms with Crippen LogP contribution in [-0.4, -0.2) is 18.0 Å². The van der Waals surface area contributed by atoms with Crippen LogP contribution in [0.15, 0.2) is 0 Å². The van der Waals surface area contributed by atoms with E-state index in [9.17, 15) is 4.79 Å². The minimum atomic E-state index is -0.222. The molecular formula is C12H17ClO2. The molecular weight excluding hydrogens is 212 g/mol. The van der Waals surface area contributed by atoms with Crippen LogP contribution in [-0.2, 0) is 9.53 Å². The van der Waals surface area contributed by atoms with Gasteiger partial charge >= 0.3 is 5.97 Å². The molecule has 0 aromatic rings. The van der Waals surface area contributed by atoms with Crippen molar-refractivity contribution in [2.45, 2.75) is 43.4 Å². The van der Waals surface area contributed by atoms with E-state index in [0.717, 1.165) is 32.1 Å². The standard InChI is InChI=1S/C12H17ClO2/c1-15-10(14)11-3-8-2-9(4-11)6-12(13,5-8)7-11/h8-9H,2-7H2,1H3. The molecule has 0 aromatic heterocycles. The highest BCUT2D eigenvalue weighted by atomic mass is 35.5. The molecule has 84 valence electrons. The maximum absolute atomic E-state index is 11.9. The zero-order chi connectivity index (χ0) is 10.7. The minimum absolute atomic E-state index is 0.0124. The Labute approximate surface area is 95.3 Å². The fraction of sp³-hybridized carbons (Fsp3) is 0.917. The van der Waals surface area contributed by atoms with Crippen molar-refractivity contribution in [3.8, 4) is 0 Å². The molecule has 0 saturated heterocycles. The van der Waals surface area contributed by atoms with E-state index in [0.29, 0.717) is 11.8 Å². The van der Waals surface area contributed by atoms with Crippen molar-refractivity contribution in [2.75, 3.05) is 7.11 Å². The van der Waals surface area contributed by atoms with Crippen LogP contribution in [0.3, 0.4) is 0 Å². The molecule has 4 aliphatic rings. The molecule has 2 nitrogen and oxygen atoms in total. The summed E-state index contributed by atoms with van der Waals surface area (Å²) in [6.07, 6.45) is 6.40. The first-order chi connectivity index (χ1) is 7.05. The van der Waals surface area contributed by atoms with E-state index in [1.807, 2.05) is 0 Å². The molecule has 4 saturated carbocycles. The number of ether oxygens (including phenoxy) is 1. The lowest BCUT2D eigenvalue weighted by Gasteiger charge is -2.58. The monoisotopic (exact) mass is 228 g/mol. The molecule has 0 heterocycles. The first-order valence-corrected chi connectivity index (χ1v) is 6.20. The van der Waals surface area contributed by atoms with Crippen LogP contribution in [0.4, 0.5) is 0 Å². The van der Waals surface area contributed by atoms with Gasteiger partial charge in [0.2, 0.25) is 0 Å². The highest BCUT2D eigenvalue weighted by molar-refractivity contribution is 6.24. The second kappa shape index (κ2) is 2.91.